The number of hydrogen-bond acceptors (Lipinski definition) is 3. The highest BCUT2D eigenvalue weighted by atomic mass is 16.4. The lowest BCUT2D eigenvalue weighted by molar-refractivity contribution is -0.134. The van der Waals surface area contributed by atoms with Gasteiger partial charge in [-0.2, -0.15) is 0 Å². The molecule has 0 aliphatic heterocycles. The van der Waals surface area contributed by atoms with Crippen LogP contribution in [-0.2, 0) is 4.79 Å². The lowest BCUT2D eigenvalue weighted by Crippen LogP contribution is -2.44. The summed E-state index contributed by atoms with van der Waals surface area (Å²) in [5.41, 5.74) is 5.56. The highest BCUT2D eigenvalue weighted by Gasteiger charge is 2.29. The number of rotatable bonds is 6. The molecule has 5 nitrogen and oxygen atoms in total. The predicted octanol–water partition coefficient (Wildman–Crippen LogP) is 1.26. The first-order chi connectivity index (χ1) is 7.49. The molecule has 1 unspecified atom stereocenters. The highest BCUT2D eigenvalue weighted by molar-refractivity contribution is 6.02. The summed E-state index contributed by atoms with van der Waals surface area (Å²) in [7, 11) is 0. The van der Waals surface area contributed by atoms with Crippen LogP contribution in [0.3, 0.4) is 0 Å². The summed E-state index contributed by atoms with van der Waals surface area (Å²) in [5, 5.41) is 11.6. The molecular weight excluding hydrogens is 206 g/mol. The smallest absolute Gasteiger partial charge is 0.233 e. The van der Waals surface area contributed by atoms with Crippen LogP contribution in [0.4, 0.5) is 0 Å². The lowest BCUT2D eigenvalue weighted by Gasteiger charge is -2.27. The third kappa shape index (κ3) is 3.72. The lowest BCUT2D eigenvalue weighted by atomic mass is 9.93. The molecule has 0 saturated heterocycles. The van der Waals surface area contributed by atoms with Crippen LogP contribution >= 0.6 is 0 Å². The molecule has 0 aliphatic carbocycles. The zero-order valence-electron chi connectivity index (χ0n) is 10.6. The van der Waals surface area contributed by atoms with Crippen molar-refractivity contribution in [2.75, 3.05) is 13.1 Å². The first kappa shape index (κ1) is 14.7. The molecule has 0 aromatic rings. The minimum absolute atomic E-state index is 0.00504. The summed E-state index contributed by atoms with van der Waals surface area (Å²) in [6.07, 6.45) is 0.903. The Morgan fingerprint density at radius 2 is 2.00 bits per heavy atom. The predicted molar refractivity (Wildman–Crippen MR) is 64.3 cm³/mol. The molecule has 0 rings (SSSR count). The van der Waals surface area contributed by atoms with Gasteiger partial charge in [-0.15, -0.1) is 0 Å². The zero-order valence-corrected chi connectivity index (χ0v) is 10.6. The molecule has 1 atom stereocenters. The van der Waals surface area contributed by atoms with Crippen LogP contribution in [0.5, 0.6) is 0 Å². The van der Waals surface area contributed by atoms with Gasteiger partial charge in [0.2, 0.25) is 5.91 Å². The van der Waals surface area contributed by atoms with E-state index >= 15 is 0 Å². The monoisotopic (exact) mass is 229 g/mol. The summed E-state index contributed by atoms with van der Waals surface area (Å²) in [6.45, 7) is 9.08. The molecule has 94 valence electrons. The van der Waals surface area contributed by atoms with Crippen LogP contribution in [0, 0.1) is 11.8 Å². The van der Waals surface area contributed by atoms with Crippen LogP contribution in [0.2, 0.25) is 0 Å². The Kier molecular flexibility index (Phi) is 6.53. The van der Waals surface area contributed by atoms with Crippen molar-refractivity contribution in [3.8, 4) is 0 Å². The van der Waals surface area contributed by atoms with Crippen molar-refractivity contribution in [1.82, 2.24) is 4.90 Å². The van der Waals surface area contributed by atoms with Gasteiger partial charge in [-0.05, 0) is 19.3 Å². The second-order valence-electron chi connectivity index (χ2n) is 4.16. The molecule has 0 saturated carbocycles. The van der Waals surface area contributed by atoms with Crippen LogP contribution < -0.4 is 5.73 Å². The van der Waals surface area contributed by atoms with Gasteiger partial charge in [0.15, 0.2) is 5.84 Å². The van der Waals surface area contributed by atoms with Crippen molar-refractivity contribution in [2.24, 2.45) is 22.7 Å². The summed E-state index contributed by atoms with van der Waals surface area (Å²) >= 11 is 0. The Labute approximate surface area is 97.3 Å². The molecule has 1 amide bonds. The van der Waals surface area contributed by atoms with E-state index in [-0.39, 0.29) is 17.7 Å². The third-order valence-electron chi connectivity index (χ3n) is 2.55. The fourth-order valence-electron chi connectivity index (χ4n) is 1.71. The fourth-order valence-corrected chi connectivity index (χ4v) is 1.71. The van der Waals surface area contributed by atoms with E-state index < -0.39 is 5.92 Å². The minimum Gasteiger partial charge on any atom is -0.409 e. The maximum atomic E-state index is 12.2. The first-order valence-electron chi connectivity index (χ1n) is 5.75. The van der Waals surface area contributed by atoms with Crippen molar-refractivity contribution in [3.05, 3.63) is 0 Å². The van der Waals surface area contributed by atoms with E-state index in [9.17, 15) is 4.79 Å². The Morgan fingerprint density at radius 3 is 2.31 bits per heavy atom. The molecule has 16 heavy (non-hydrogen) atoms. The van der Waals surface area contributed by atoms with Crippen LogP contribution in [0.15, 0.2) is 5.16 Å². The van der Waals surface area contributed by atoms with Gasteiger partial charge in [-0.3, -0.25) is 4.79 Å². The molecule has 0 spiro atoms. The summed E-state index contributed by atoms with van der Waals surface area (Å²) in [4.78, 5) is 13.9. The van der Waals surface area contributed by atoms with E-state index in [1.807, 2.05) is 27.7 Å². The number of oxime groups is 1. The molecular formula is C11H23N3O2. The van der Waals surface area contributed by atoms with Crippen molar-refractivity contribution in [3.63, 3.8) is 0 Å². The minimum atomic E-state index is -0.531. The second-order valence-corrected chi connectivity index (χ2v) is 4.16. The first-order valence-corrected chi connectivity index (χ1v) is 5.75. The van der Waals surface area contributed by atoms with E-state index in [1.54, 1.807) is 4.90 Å². The standard InChI is InChI=1S/C11H23N3O2/c1-5-7-14(6-2)11(15)9(8(3)4)10(12)13-16/h8-9,16H,5-7H2,1-4H3,(H2,12,13). The normalized spacial score (nSPS) is 13.9. The molecule has 5 heteroatoms. The molecule has 0 radical (unpaired) electrons. The van der Waals surface area contributed by atoms with Gasteiger partial charge >= 0.3 is 0 Å². The Morgan fingerprint density at radius 1 is 1.44 bits per heavy atom. The number of carbonyl (C=O) groups excluding carboxylic acids is 1. The maximum Gasteiger partial charge on any atom is 0.233 e. The van der Waals surface area contributed by atoms with Crippen molar-refractivity contribution in [2.45, 2.75) is 34.1 Å². The summed E-state index contributed by atoms with van der Waals surface area (Å²) < 4.78 is 0. The Balaban J connectivity index is 4.85. The van der Waals surface area contributed by atoms with Crippen LogP contribution in [0.1, 0.15) is 34.1 Å². The van der Waals surface area contributed by atoms with Crippen molar-refractivity contribution >= 4 is 11.7 Å². The van der Waals surface area contributed by atoms with Crippen LogP contribution in [0.25, 0.3) is 0 Å². The molecule has 0 aromatic heterocycles. The molecule has 0 bridgehead atoms. The maximum absolute atomic E-state index is 12.2. The summed E-state index contributed by atoms with van der Waals surface area (Å²) in [6, 6.07) is 0. The third-order valence-corrected chi connectivity index (χ3v) is 2.55. The average molecular weight is 229 g/mol. The van der Waals surface area contributed by atoms with E-state index in [4.69, 9.17) is 10.9 Å². The van der Waals surface area contributed by atoms with Gasteiger partial charge in [0.1, 0.15) is 5.92 Å². The molecule has 0 aromatic carbocycles. The highest BCUT2D eigenvalue weighted by Crippen LogP contribution is 2.15. The van der Waals surface area contributed by atoms with E-state index in [1.165, 1.54) is 0 Å². The van der Waals surface area contributed by atoms with Gasteiger partial charge in [-0.25, -0.2) is 0 Å². The SMILES string of the molecule is CCCN(CC)C(=O)C(C(N)=NO)C(C)C. The number of nitrogens with zero attached hydrogens (tertiary/aromatic N) is 2. The molecule has 0 aliphatic rings. The van der Waals surface area contributed by atoms with Gasteiger partial charge in [0, 0.05) is 13.1 Å². The van der Waals surface area contributed by atoms with E-state index in [0.717, 1.165) is 6.42 Å². The van der Waals surface area contributed by atoms with Gasteiger partial charge in [-0.1, -0.05) is 25.9 Å². The largest absolute Gasteiger partial charge is 0.409 e. The fraction of sp³-hybridized carbons (Fsp3) is 0.818. The zero-order chi connectivity index (χ0) is 12.7. The number of amidine groups is 1. The Bertz CT molecular complexity index is 252. The summed E-state index contributed by atoms with van der Waals surface area (Å²) in [5.74, 6) is -0.574. The topological polar surface area (TPSA) is 78.9 Å². The molecule has 3 N–H and O–H groups in total. The van der Waals surface area contributed by atoms with E-state index in [0.29, 0.717) is 13.1 Å². The van der Waals surface area contributed by atoms with Gasteiger partial charge < -0.3 is 15.8 Å². The van der Waals surface area contributed by atoms with Crippen molar-refractivity contribution < 1.29 is 10.0 Å². The number of carbonyl (C=O) groups is 1. The quantitative estimate of drug-likeness (QED) is 0.311. The van der Waals surface area contributed by atoms with Crippen molar-refractivity contribution in [1.29, 1.82) is 0 Å². The molecule has 0 heterocycles. The van der Waals surface area contributed by atoms with Gasteiger partial charge in [0.25, 0.3) is 0 Å². The number of nitrogens with two attached hydrogens (primary N) is 1. The Hall–Kier alpha value is -1.26. The van der Waals surface area contributed by atoms with Gasteiger partial charge in [0.05, 0.1) is 0 Å². The number of hydrogen-bond donors (Lipinski definition) is 2. The molecule has 0 fully saturated rings. The average Bonchev–Trinajstić information content (AvgIpc) is 2.24. The second kappa shape index (κ2) is 7.09. The van der Waals surface area contributed by atoms with Crippen LogP contribution in [-0.4, -0.2) is 34.9 Å². The number of amides is 1. The van der Waals surface area contributed by atoms with E-state index in [2.05, 4.69) is 5.16 Å².